The van der Waals surface area contributed by atoms with E-state index in [1.807, 2.05) is 24.3 Å². The first-order valence-electron chi connectivity index (χ1n) is 9.27. The summed E-state index contributed by atoms with van der Waals surface area (Å²) in [7, 11) is 0. The van der Waals surface area contributed by atoms with Crippen molar-refractivity contribution in [3.05, 3.63) is 73.0 Å². The van der Waals surface area contributed by atoms with Gasteiger partial charge < -0.3 is 10.6 Å². The van der Waals surface area contributed by atoms with E-state index in [1.54, 1.807) is 24.5 Å². The molecule has 0 aliphatic rings. The lowest BCUT2D eigenvalue weighted by Gasteiger charge is -2.08. The van der Waals surface area contributed by atoms with Crippen LogP contribution >= 0.6 is 0 Å². The second-order valence-electron chi connectivity index (χ2n) is 6.17. The maximum atomic E-state index is 12.4. The van der Waals surface area contributed by atoms with Gasteiger partial charge in [0, 0.05) is 48.4 Å². The van der Waals surface area contributed by atoms with E-state index in [-0.39, 0.29) is 5.91 Å². The van der Waals surface area contributed by atoms with Crippen molar-refractivity contribution in [3.8, 4) is 11.4 Å². The Bertz CT molecular complexity index is 1040. The molecule has 0 saturated carbocycles. The number of hydrogen-bond acceptors (Lipinski definition) is 6. The Labute approximate surface area is 174 Å². The molecule has 152 valence electrons. The topological polar surface area (TPSA) is 120 Å². The molecular formula is C21H22N8O. The van der Waals surface area contributed by atoms with Crippen LogP contribution < -0.4 is 10.6 Å². The number of carbonyl (C=O) groups is 1. The molecule has 2 heterocycles. The van der Waals surface area contributed by atoms with Gasteiger partial charge in [-0.25, -0.2) is 15.0 Å². The number of amides is 1. The van der Waals surface area contributed by atoms with Gasteiger partial charge >= 0.3 is 0 Å². The van der Waals surface area contributed by atoms with E-state index in [0.29, 0.717) is 42.6 Å². The van der Waals surface area contributed by atoms with Crippen LogP contribution in [-0.4, -0.2) is 45.2 Å². The number of aliphatic imine (C=N–C) groups is 2. The molecule has 2 aromatic heterocycles. The minimum atomic E-state index is -0.180. The van der Waals surface area contributed by atoms with Crippen LogP contribution in [0.5, 0.6) is 0 Å². The van der Waals surface area contributed by atoms with Gasteiger partial charge in [0.2, 0.25) is 0 Å². The third-order valence-corrected chi connectivity index (χ3v) is 4.11. The van der Waals surface area contributed by atoms with Crippen LogP contribution in [0.1, 0.15) is 22.6 Å². The van der Waals surface area contributed by atoms with Crippen molar-refractivity contribution in [2.75, 3.05) is 11.9 Å². The van der Waals surface area contributed by atoms with Gasteiger partial charge in [-0.2, -0.15) is 5.10 Å². The molecule has 9 heteroatoms. The predicted molar refractivity (Wildman–Crippen MR) is 118 cm³/mol. The van der Waals surface area contributed by atoms with Crippen LogP contribution in [0, 0.1) is 0 Å². The first-order chi connectivity index (χ1) is 14.7. The van der Waals surface area contributed by atoms with Crippen molar-refractivity contribution in [1.82, 2.24) is 25.5 Å². The summed E-state index contributed by atoms with van der Waals surface area (Å²) in [4.78, 5) is 28.6. The normalized spacial score (nSPS) is 11.0. The van der Waals surface area contributed by atoms with Gasteiger partial charge in [-0.15, -0.1) is 0 Å². The Morgan fingerprint density at radius 1 is 1.23 bits per heavy atom. The number of aromatic nitrogens is 4. The molecule has 0 bridgehead atoms. The molecule has 1 amide bonds. The van der Waals surface area contributed by atoms with Gasteiger partial charge in [-0.1, -0.05) is 12.6 Å². The number of nitrogens with zero attached hydrogens (tertiary/aromatic N) is 5. The van der Waals surface area contributed by atoms with Crippen LogP contribution in [0.25, 0.3) is 11.4 Å². The summed E-state index contributed by atoms with van der Waals surface area (Å²) in [5, 5.41) is 13.2. The van der Waals surface area contributed by atoms with Crippen molar-refractivity contribution in [1.29, 1.82) is 0 Å². The molecule has 0 fully saturated rings. The van der Waals surface area contributed by atoms with Crippen molar-refractivity contribution in [2.24, 2.45) is 9.98 Å². The molecule has 3 aromatic rings. The first kappa shape index (κ1) is 20.6. The Balaban J connectivity index is 1.55. The number of rotatable bonds is 9. The highest BCUT2D eigenvalue weighted by atomic mass is 16.1. The smallest absolute Gasteiger partial charge is 0.251 e. The number of carbonyl (C=O) groups excluding carboxylic acids is 1. The number of anilines is 1. The summed E-state index contributed by atoms with van der Waals surface area (Å²) in [6.07, 6.45) is 5.27. The average molecular weight is 402 g/mol. The largest absolute Gasteiger partial charge is 0.378 e. The molecule has 3 N–H and O–H groups in total. The van der Waals surface area contributed by atoms with Crippen LogP contribution in [0.4, 0.5) is 5.69 Å². The van der Waals surface area contributed by atoms with Gasteiger partial charge in [-0.3, -0.25) is 14.9 Å². The predicted octanol–water partition coefficient (Wildman–Crippen LogP) is 2.84. The Morgan fingerprint density at radius 3 is 2.83 bits per heavy atom. The summed E-state index contributed by atoms with van der Waals surface area (Å²) in [5.41, 5.74) is 2.23. The van der Waals surface area contributed by atoms with E-state index in [0.717, 1.165) is 11.3 Å². The van der Waals surface area contributed by atoms with Crippen molar-refractivity contribution in [3.63, 3.8) is 0 Å². The SMILES string of the molecule is C=CN=C(CCNC(=O)c1cccc(NCc2nc(-c3ccncc3)n[nH]2)c1)N=C. The van der Waals surface area contributed by atoms with Crippen LogP contribution in [0.3, 0.4) is 0 Å². The molecular weight excluding hydrogens is 380 g/mol. The van der Waals surface area contributed by atoms with E-state index < -0.39 is 0 Å². The highest BCUT2D eigenvalue weighted by Crippen LogP contribution is 2.14. The van der Waals surface area contributed by atoms with E-state index in [9.17, 15) is 4.79 Å². The Morgan fingerprint density at radius 2 is 2.07 bits per heavy atom. The second-order valence-corrected chi connectivity index (χ2v) is 6.17. The molecule has 0 aliphatic heterocycles. The Hall–Kier alpha value is -4.14. The number of hydrogen-bond donors (Lipinski definition) is 3. The molecule has 0 unspecified atom stereocenters. The molecule has 0 atom stereocenters. The van der Waals surface area contributed by atoms with Crippen molar-refractivity contribution in [2.45, 2.75) is 13.0 Å². The van der Waals surface area contributed by atoms with Gasteiger partial charge in [0.05, 0.1) is 6.54 Å². The number of amidine groups is 1. The fourth-order valence-electron chi connectivity index (χ4n) is 2.64. The maximum Gasteiger partial charge on any atom is 0.251 e. The van der Waals surface area contributed by atoms with Gasteiger partial charge in [-0.05, 0) is 37.0 Å². The highest BCUT2D eigenvalue weighted by Gasteiger charge is 2.08. The standard InChI is InChI=1S/C21H22N8O/c1-3-24-18(22-2)9-12-25-21(30)16-5-4-6-17(13-16)26-14-19-27-20(29-28-19)15-7-10-23-11-8-15/h3-8,10-11,13,26H,1-2,9,12,14H2,(H,25,30)(H,27,28,29). The summed E-state index contributed by atoms with van der Waals surface area (Å²) in [6.45, 7) is 7.81. The fourth-order valence-corrected chi connectivity index (χ4v) is 2.64. The van der Waals surface area contributed by atoms with E-state index in [4.69, 9.17) is 0 Å². The molecule has 1 aromatic carbocycles. The lowest BCUT2D eigenvalue weighted by Crippen LogP contribution is -2.25. The zero-order valence-electron chi connectivity index (χ0n) is 16.4. The van der Waals surface area contributed by atoms with E-state index >= 15 is 0 Å². The minimum Gasteiger partial charge on any atom is -0.378 e. The summed E-state index contributed by atoms with van der Waals surface area (Å²) in [6, 6.07) is 10.9. The molecule has 0 saturated heterocycles. The molecule has 9 nitrogen and oxygen atoms in total. The third-order valence-electron chi connectivity index (χ3n) is 4.11. The number of nitrogens with one attached hydrogen (secondary N) is 3. The molecule has 0 spiro atoms. The van der Waals surface area contributed by atoms with E-state index in [1.165, 1.54) is 6.20 Å². The number of aromatic amines is 1. The van der Waals surface area contributed by atoms with Crippen LogP contribution in [0.15, 0.2) is 71.6 Å². The Kier molecular flexibility index (Phi) is 7.15. The first-order valence-corrected chi connectivity index (χ1v) is 9.27. The molecule has 0 aliphatic carbocycles. The third kappa shape index (κ3) is 5.68. The zero-order valence-corrected chi connectivity index (χ0v) is 16.4. The fraction of sp³-hybridized carbons (Fsp3) is 0.143. The number of benzene rings is 1. The number of H-pyrrole nitrogens is 1. The summed E-state index contributed by atoms with van der Waals surface area (Å²) in [5.74, 6) is 1.64. The lowest BCUT2D eigenvalue weighted by molar-refractivity contribution is 0.0955. The summed E-state index contributed by atoms with van der Waals surface area (Å²) < 4.78 is 0. The van der Waals surface area contributed by atoms with Crippen molar-refractivity contribution >= 4 is 24.1 Å². The van der Waals surface area contributed by atoms with Crippen LogP contribution in [0.2, 0.25) is 0 Å². The lowest BCUT2D eigenvalue weighted by atomic mass is 10.2. The summed E-state index contributed by atoms with van der Waals surface area (Å²) >= 11 is 0. The monoisotopic (exact) mass is 402 g/mol. The quantitative estimate of drug-likeness (QED) is 0.375. The highest BCUT2D eigenvalue weighted by molar-refractivity contribution is 5.95. The average Bonchev–Trinajstić information content (AvgIpc) is 3.27. The van der Waals surface area contributed by atoms with Gasteiger partial charge in [0.1, 0.15) is 11.7 Å². The van der Waals surface area contributed by atoms with Gasteiger partial charge in [0.15, 0.2) is 5.82 Å². The van der Waals surface area contributed by atoms with Crippen molar-refractivity contribution < 1.29 is 4.79 Å². The molecule has 30 heavy (non-hydrogen) atoms. The molecule has 0 radical (unpaired) electrons. The second kappa shape index (κ2) is 10.4. The van der Waals surface area contributed by atoms with Gasteiger partial charge in [0.25, 0.3) is 5.91 Å². The molecule has 3 rings (SSSR count). The van der Waals surface area contributed by atoms with Crippen LogP contribution in [-0.2, 0) is 6.54 Å². The minimum absolute atomic E-state index is 0.180. The van der Waals surface area contributed by atoms with E-state index in [2.05, 4.69) is 54.1 Å². The maximum absolute atomic E-state index is 12.4. The number of pyridine rings is 1. The zero-order chi connectivity index (χ0) is 21.2.